The first-order valence-electron chi connectivity index (χ1n) is 6.68. The van der Waals surface area contributed by atoms with Crippen molar-refractivity contribution in [2.45, 2.75) is 4.90 Å². The standard InChI is InChI=1S/C17H12O3S/c18-17-12(9-21-16-4-2-1-3-13(16)17)7-11-5-6-14-15(8-11)20-10-19-14/h1-8H,9-10H2/b12-7+. The van der Waals surface area contributed by atoms with Crippen LogP contribution < -0.4 is 9.47 Å². The van der Waals surface area contributed by atoms with Crippen LogP contribution >= 0.6 is 11.8 Å². The van der Waals surface area contributed by atoms with Crippen molar-refractivity contribution in [2.24, 2.45) is 0 Å². The summed E-state index contributed by atoms with van der Waals surface area (Å²) in [6.07, 6.45) is 1.94. The molecule has 3 nitrogen and oxygen atoms in total. The van der Waals surface area contributed by atoms with Crippen LogP contribution in [0, 0.1) is 0 Å². The Hall–Kier alpha value is -2.20. The molecule has 0 spiro atoms. The molecule has 0 amide bonds. The Morgan fingerprint density at radius 2 is 1.90 bits per heavy atom. The average molecular weight is 296 g/mol. The summed E-state index contributed by atoms with van der Waals surface area (Å²) in [5.74, 6) is 2.30. The van der Waals surface area contributed by atoms with Gasteiger partial charge in [-0.3, -0.25) is 4.79 Å². The van der Waals surface area contributed by atoms with Crippen molar-refractivity contribution in [1.29, 1.82) is 0 Å². The number of hydrogen-bond donors (Lipinski definition) is 0. The number of benzene rings is 2. The SMILES string of the molecule is O=C1/C(=C/c2ccc3c(c2)OCO3)CSc2ccccc21. The Morgan fingerprint density at radius 3 is 2.86 bits per heavy atom. The molecule has 2 aliphatic rings. The molecule has 0 unspecified atom stereocenters. The fourth-order valence-electron chi connectivity index (χ4n) is 2.49. The number of ether oxygens (including phenoxy) is 2. The summed E-state index contributed by atoms with van der Waals surface area (Å²) in [4.78, 5) is 13.6. The number of thioether (sulfide) groups is 1. The van der Waals surface area contributed by atoms with Gasteiger partial charge >= 0.3 is 0 Å². The highest BCUT2D eigenvalue weighted by Crippen LogP contribution is 2.35. The van der Waals surface area contributed by atoms with Gasteiger partial charge in [0.05, 0.1) is 0 Å². The third-order valence-corrected chi connectivity index (χ3v) is 4.67. The van der Waals surface area contributed by atoms with Crippen molar-refractivity contribution >= 4 is 23.6 Å². The van der Waals surface area contributed by atoms with E-state index in [4.69, 9.17) is 9.47 Å². The number of ketones is 1. The molecule has 2 aromatic carbocycles. The summed E-state index contributed by atoms with van der Waals surface area (Å²) in [5, 5.41) is 0. The van der Waals surface area contributed by atoms with Gasteiger partial charge in [0.1, 0.15) is 0 Å². The fourth-order valence-corrected chi connectivity index (χ4v) is 3.50. The van der Waals surface area contributed by atoms with Gasteiger partial charge in [-0.15, -0.1) is 11.8 Å². The van der Waals surface area contributed by atoms with E-state index < -0.39 is 0 Å². The van der Waals surface area contributed by atoms with Gasteiger partial charge in [0.15, 0.2) is 17.3 Å². The van der Waals surface area contributed by atoms with Crippen LogP contribution in [-0.4, -0.2) is 18.3 Å². The van der Waals surface area contributed by atoms with Gasteiger partial charge in [0.2, 0.25) is 6.79 Å². The van der Waals surface area contributed by atoms with E-state index in [0.717, 1.165) is 33.1 Å². The largest absolute Gasteiger partial charge is 0.454 e. The predicted molar refractivity (Wildman–Crippen MR) is 82.0 cm³/mol. The van der Waals surface area contributed by atoms with Gasteiger partial charge in [-0.05, 0) is 35.9 Å². The zero-order chi connectivity index (χ0) is 14.2. The van der Waals surface area contributed by atoms with Gasteiger partial charge in [-0.2, -0.15) is 0 Å². The molecule has 104 valence electrons. The zero-order valence-corrected chi connectivity index (χ0v) is 12.0. The molecule has 0 aromatic heterocycles. The van der Waals surface area contributed by atoms with Crippen molar-refractivity contribution in [3.63, 3.8) is 0 Å². The number of carbonyl (C=O) groups is 1. The maximum absolute atomic E-state index is 12.5. The Morgan fingerprint density at radius 1 is 1.05 bits per heavy atom. The van der Waals surface area contributed by atoms with E-state index >= 15 is 0 Å². The van der Waals surface area contributed by atoms with Gasteiger partial charge in [-0.1, -0.05) is 18.2 Å². The monoisotopic (exact) mass is 296 g/mol. The summed E-state index contributed by atoms with van der Waals surface area (Å²) in [6.45, 7) is 0.261. The first-order chi connectivity index (χ1) is 10.3. The molecule has 0 fully saturated rings. The summed E-state index contributed by atoms with van der Waals surface area (Å²) >= 11 is 1.70. The van der Waals surface area contributed by atoms with Crippen molar-refractivity contribution in [3.05, 3.63) is 59.2 Å². The molecule has 2 aliphatic heterocycles. The highest BCUT2D eigenvalue weighted by atomic mass is 32.2. The summed E-state index contributed by atoms with van der Waals surface area (Å²) in [7, 11) is 0. The average Bonchev–Trinajstić information content (AvgIpc) is 2.98. The van der Waals surface area contributed by atoms with Crippen LogP contribution in [0.2, 0.25) is 0 Å². The molecule has 0 saturated carbocycles. The number of fused-ring (bicyclic) bond motifs is 2. The van der Waals surface area contributed by atoms with Crippen molar-refractivity contribution in [1.82, 2.24) is 0 Å². The van der Waals surface area contributed by atoms with Crippen LogP contribution in [0.3, 0.4) is 0 Å². The quantitative estimate of drug-likeness (QED) is 0.750. The van der Waals surface area contributed by atoms with E-state index in [1.165, 1.54) is 0 Å². The molecular weight excluding hydrogens is 284 g/mol. The van der Waals surface area contributed by atoms with Gasteiger partial charge in [0.25, 0.3) is 0 Å². The molecule has 21 heavy (non-hydrogen) atoms. The predicted octanol–water partition coefficient (Wildman–Crippen LogP) is 3.79. The Labute approximate surface area is 126 Å². The molecule has 0 N–H and O–H groups in total. The van der Waals surface area contributed by atoms with Crippen LogP contribution in [0.25, 0.3) is 6.08 Å². The number of hydrogen-bond acceptors (Lipinski definition) is 4. The summed E-state index contributed by atoms with van der Waals surface area (Å²) < 4.78 is 10.7. The lowest BCUT2D eigenvalue weighted by molar-refractivity contribution is 0.103. The van der Waals surface area contributed by atoms with Crippen molar-refractivity contribution in [3.8, 4) is 11.5 Å². The maximum Gasteiger partial charge on any atom is 0.231 e. The second kappa shape index (κ2) is 4.97. The number of rotatable bonds is 1. The van der Waals surface area contributed by atoms with E-state index in [-0.39, 0.29) is 12.6 Å². The van der Waals surface area contributed by atoms with Crippen molar-refractivity contribution in [2.75, 3.05) is 12.5 Å². The van der Waals surface area contributed by atoms with Crippen molar-refractivity contribution < 1.29 is 14.3 Å². The number of Topliss-reactive ketones (excluding diaryl/α,β-unsaturated/α-hetero) is 1. The fraction of sp³-hybridized carbons (Fsp3) is 0.118. The lowest BCUT2D eigenvalue weighted by Gasteiger charge is -2.16. The molecule has 2 aromatic rings. The highest BCUT2D eigenvalue weighted by Gasteiger charge is 2.22. The molecule has 4 heteroatoms. The van der Waals surface area contributed by atoms with Crippen LogP contribution in [0.1, 0.15) is 15.9 Å². The molecule has 2 heterocycles. The minimum atomic E-state index is 0.113. The third kappa shape index (κ3) is 2.21. The Kier molecular flexibility index (Phi) is 2.97. The van der Waals surface area contributed by atoms with Crippen LogP contribution in [-0.2, 0) is 0 Å². The topological polar surface area (TPSA) is 35.5 Å². The first-order valence-corrected chi connectivity index (χ1v) is 7.66. The molecule has 0 radical (unpaired) electrons. The van der Waals surface area contributed by atoms with E-state index in [1.54, 1.807) is 11.8 Å². The van der Waals surface area contributed by atoms with E-state index in [9.17, 15) is 4.79 Å². The van der Waals surface area contributed by atoms with Gasteiger partial charge in [0, 0.05) is 21.8 Å². The van der Waals surface area contributed by atoms with Gasteiger partial charge in [-0.25, -0.2) is 0 Å². The Balaban J connectivity index is 1.69. The normalized spacial score (nSPS) is 17.9. The molecule has 0 bridgehead atoms. The molecule has 4 rings (SSSR count). The molecular formula is C17H12O3S. The molecule has 0 saturated heterocycles. The van der Waals surface area contributed by atoms with E-state index in [2.05, 4.69) is 0 Å². The Bertz CT molecular complexity index is 764. The lowest BCUT2D eigenvalue weighted by atomic mass is 10.0. The first kappa shape index (κ1) is 12.5. The van der Waals surface area contributed by atoms with E-state index in [0.29, 0.717) is 5.75 Å². The highest BCUT2D eigenvalue weighted by molar-refractivity contribution is 7.99. The van der Waals surface area contributed by atoms with Crippen LogP contribution in [0.4, 0.5) is 0 Å². The van der Waals surface area contributed by atoms with Gasteiger partial charge < -0.3 is 9.47 Å². The second-order valence-corrected chi connectivity index (χ2v) is 5.91. The smallest absolute Gasteiger partial charge is 0.231 e. The zero-order valence-electron chi connectivity index (χ0n) is 11.2. The number of carbonyl (C=O) groups excluding carboxylic acids is 1. The van der Waals surface area contributed by atoms with Crippen LogP contribution in [0.5, 0.6) is 11.5 Å². The lowest BCUT2D eigenvalue weighted by Crippen LogP contribution is -2.11. The van der Waals surface area contributed by atoms with E-state index in [1.807, 2.05) is 48.5 Å². The van der Waals surface area contributed by atoms with Crippen LogP contribution in [0.15, 0.2) is 52.9 Å². The summed E-state index contributed by atoms with van der Waals surface area (Å²) in [5.41, 5.74) is 2.57. The summed E-state index contributed by atoms with van der Waals surface area (Å²) in [6, 6.07) is 13.5. The minimum absolute atomic E-state index is 0.113. The third-order valence-electron chi connectivity index (χ3n) is 3.54. The maximum atomic E-state index is 12.5. The minimum Gasteiger partial charge on any atom is -0.454 e. The second-order valence-electron chi connectivity index (χ2n) is 4.90. The molecule has 0 atom stereocenters. The molecule has 0 aliphatic carbocycles.